The highest BCUT2D eigenvalue weighted by Gasteiger charge is 2.24. The van der Waals surface area contributed by atoms with E-state index in [1.807, 2.05) is 32.9 Å². The lowest BCUT2D eigenvalue weighted by molar-refractivity contribution is 0.130. The Morgan fingerprint density at radius 3 is 2.53 bits per heavy atom. The van der Waals surface area contributed by atoms with Gasteiger partial charge >= 0.3 is 0 Å². The molecule has 2 heterocycles. The Kier molecular flexibility index (Phi) is 9.71. The zero-order valence-corrected chi connectivity index (χ0v) is 19.9. The monoisotopic (exact) mass is 443 g/mol. The second kappa shape index (κ2) is 12.2. The van der Waals surface area contributed by atoms with Gasteiger partial charge in [0.2, 0.25) is 5.88 Å². The third-order valence-electron chi connectivity index (χ3n) is 5.90. The zero-order chi connectivity index (χ0) is 23.7. The summed E-state index contributed by atoms with van der Waals surface area (Å²) in [5, 5.41) is 8.68. The van der Waals surface area contributed by atoms with Crippen LogP contribution in [0.1, 0.15) is 33.6 Å². The van der Waals surface area contributed by atoms with Crippen LogP contribution in [0.25, 0.3) is 0 Å². The van der Waals surface area contributed by atoms with Gasteiger partial charge in [0.15, 0.2) is 0 Å². The molecule has 1 aliphatic heterocycles. The molecule has 3 N–H and O–H groups in total. The van der Waals surface area contributed by atoms with Gasteiger partial charge < -0.3 is 24.8 Å². The molecule has 0 aromatic carbocycles. The fourth-order valence-electron chi connectivity index (χ4n) is 3.46. The molecule has 1 aromatic heterocycles. The van der Waals surface area contributed by atoms with Crippen LogP contribution in [-0.2, 0) is 4.74 Å². The van der Waals surface area contributed by atoms with Crippen LogP contribution >= 0.6 is 0 Å². The van der Waals surface area contributed by atoms with Crippen molar-refractivity contribution in [1.82, 2.24) is 9.88 Å². The first-order valence-corrected chi connectivity index (χ1v) is 10.9. The highest BCUT2D eigenvalue weighted by atomic mass is 16.5. The third-order valence-corrected chi connectivity index (χ3v) is 5.90. The van der Waals surface area contributed by atoms with E-state index in [0.29, 0.717) is 24.2 Å². The maximum Gasteiger partial charge on any atom is 0.213 e. The Balaban J connectivity index is 1.98. The number of likely N-dealkylation sites (tertiary alicyclic amines) is 1. The van der Waals surface area contributed by atoms with Crippen LogP contribution in [0.15, 0.2) is 47.1 Å². The van der Waals surface area contributed by atoms with Gasteiger partial charge in [-0.05, 0) is 37.0 Å². The standard InChI is InChI=1S/C24H37N5O3/c1-7-16(2)21(15-30-5)28-23(25)17(3)18(4)24(26)29-12-10-19(11-13-29)32-20-8-9-22(31-6)27-14-20/h7-9,14,16,19,21,26H,1,10-13,15H2,2-6H3,(H2,25,28)/b18-17-,26-24?. The van der Waals surface area contributed by atoms with E-state index in [4.69, 9.17) is 25.4 Å². The van der Waals surface area contributed by atoms with Crippen molar-refractivity contribution >= 4 is 11.7 Å². The first-order chi connectivity index (χ1) is 15.3. The van der Waals surface area contributed by atoms with Gasteiger partial charge in [0.1, 0.15) is 23.5 Å². The van der Waals surface area contributed by atoms with Crippen molar-refractivity contribution in [3.05, 3.63) is 42.1 Å². The van der Waals surface area contributed by atoms with E-state index >= 15 is 0 Å². The smallest absolute Gasteiger partial charge is 0.213 e. The number of pyridine rings is 1. The quantitative estimate of drug-likeness (QED) is 0.326. The Labute approximate surface area is 191 Å². The molecule has 0 aliphatic carbocycles. The second-order valence-corrected chi connectivity index (χ2v) is 8.07. The molecule has 32 heavy (non-hydrogen) atoms. The normalized spacial score (nSPS) is 17.9. The zero-order valence-electron chi connectivity index (χ0n) is 19.9. The Morgan fingerprint density at radius 2 is 2.00 bits per heavy atom. The van der Waals surface area contributed by atoms with E-state index in [0.717, 1.165) is 42.8 Å². The number of hydrogen-bond acceptors (Lipinski definition) is 6. The van der Waals surface area contributed by atoms with Crippen molar-refractivity contribution in [2.75, 3.05) is 33.9 Å². The average Bonchev–Trinajstić information content (AvgIpc) is 2.82. The number of nitrogens with zero attached hydrogens (tertiary/aromatic N) is 3. The largest absolute Gasteiger partial charge is 0.489 e. The lowest BCUT2D eigenvalue weighted by atomic mass is 10.0. The minimum absolute atomic E-state index is 0.0986. The molecule has 0 bridgehead atoms. The van der Waals surface area contributed by atoms with Crippen LogP contribution in [0.5, 0.6) is 11.6 Å². The third kappa shape index (κ3) is 6.82. The number of ether oxygens (including phenoxy) is 3. The molecule has 1 fully saturated rings. The summed E-state index contributed by atoms with van der Waals surface area (Å²) in [6.07, 6.45) is 5.29. The number of rotatable bonds is 10. The molecule has 176 valence electrons. The van der Waals surface area contributed by atoms with Gasteiger partial charge in [0.25, 0.3) is 0 Å². The van der Waals surface area contributed by atoms with E-state index in [-0.39, 0.29) is 18.1 Å². The lowest BCUT2D eigenvalue weighted by Crippen LogP contribution is -2.42. The van der Waals surface area contributed by atoms with Crippen molar-refractivity contribution in [3.63, 3.8) is 0 Å². The molecule has 1 aromatic rings. The molecule has 0 saturated carbocycles. The van der Waals surface area contributed by atoms with Gasteiger partial charge in [-0.25, -0.2) is 4.98 Å². The van der Waals surface area contributed by atoms with Crippen molar-refractivity contribution in [1.29, 1.82) is 5.41 Å². The molecule has 0 radical (unpaired) electrons. The fraction of sp³-hybridized carbons (Fsp3) is 0.542. The topological polar surface area (TPSA) is 106 Å². The van der Waals surface area contributed by atoms with E-state index in [1.165, 1.54) is 0 Å². The SMILES string of the molecule is C=CC(C)C(COC)N=C(N)/C(C)=C(/C)C(=N)N1CCC(Oc2ccc(OC)nc2)CC1. The van der Waals surface area contributed by atoms with Gasteiger partial charge in [-0.1, -0.05) is 13.0 Å². The first-order valence-electron chi connectivity index (χ1n) is 10.9. The fourth-order valence-corrected chi connectivity index (χ4v) is 3.46. The Bertz CT molecular complexity index is 827. The number of nitrogens with one attached hydrogen (secondary N) is 1. The van der Waals surface area contributed by atoms with E-state index in [9.17, 15) is 0 Å². The summed E-state index contributed by atoms with van der Waals surface area (Å²) in [4.78, 5) is 10.9. The summed E-state index contributed by atoms with van der Waals surface area (Å²) in [6.45, 7) is 11.7. The number of methoxy groups -OCH3 is 2. The molecule has 1 saturated heterocycles. The van der Waals surface area contributed by atoms with Gasteiger partial charge in [-0.2, -0.15) is 0 Å². The molecule has 8 heteroatoms. The van der Waals surface area contributed by atoms with Crippen molar-refractivity contribution in [2.45, 2.75) is 45.8 Å². The Hall–Kier alpha value is -2.87. The number of aliphatic imine (C=N–C) groups is 1. The highest BCUT2D eigenvalue weighted by molar-refractivity contribution is 6.06. The molecule has 8 nitrogen and oxygen atoms in total. The minimum atomic E-state index is -0.102. The summed E-state index contributed by atoms with van der Waals surface area (Å²) >= 11 is 0. The summed E-state index contributed by atoms with van der Waals surface area (Å²) in [6, 6.07) is 3.55. The van der Waals surface area contributed by atoms with Gasteiger partial charge in [-0.15, -0.1) is 6.58 Å². The number of hydrogen-bond donors (Lipinski definition) is 2. The molecular weight excluding hydrogens is 406 g/mol. The van der Waals surface area contributed by atoms with Crippen LogP contribution in [-0.4, -0.2) is 67.6 Å². The maximum atomic E-state index is 8.68. The van der Waals surface area contributed by atoms with E-state index < -0.39 is 0 Å². The van der Waals surface area contributed by atoms with Crippen LogP contribution in [0, 0.1) is 11.3 Å². The summed E-state index contributed by atoms with van der Waals surface area (Å²) in [5.74, 6) is 2.35. The molecule has 0 amide bonds. The molecular formula is C24H37N5O3. The number of piperidine rings is 1. The molecule has 0 spiro atoms. The second-order valence-electron chi connectivity index (χ2n) is 8.07. The van der Waals surface area contributed by atoms with Crippen molar-refractivity contribution in [3.8, 4) is 11.6 Å². The molecule has 1 aliphatic rings. The number of amidine groups is 2. The van der Waals surface area contributed by atoms with Crippen molar-refractivity contribution < 1.29 is 14.2 Å². The summed E-state index contributed by atoms with van der Waals surface area (Å²) in [5.41, 5.74) is 7.93. The van der Waals surface area contributed by atoms with Gasteiger partial charge in [0.05, 0.1) is 26.0 Å². The van der Waals surface area contributed by atoms with Crippen LogP contribution in [0.3, 0.4) is 0 Å². The number of nitrogens with two attached hydrogens (primary N) is 1. The minimum Gasteiger partial charge on any atom is -0.489 e. The van der Waals surface area contributed by atoms with Crippen LogP contribution < -0.4 is 15.2 Å². The predicted octanol–water partition coefficient (Wildman–Crippen LogP) is 3.44. The lowest BCUT2D eigenvalue weighted by Gasteiger charge is -2.34. The molecule has 2 atom stereocenters. The van der Waals surface area contributed by atoms with E-state index in [1.54, 1.807) is 26.5 Å². The summed E-state index contributed by atoms with van der Waals surface area (Å²) < 4.78 is 16.4. The van der Waals surface area contributed by atoms with Crippen molar-refractivity contribution in [2.24, 2.45) is 16.6 Å². The molecule has 2 unspecified atom stereocenters. The van der Waals surface area contributed by atoms with Gasteiger partial charge in [-0.3, -0.25) is 10.4 Å². The Morgan fingerprint density at radius 1 is 1.31 bits per heavy atom. The maximum absolute atomic E-state index is 8.68. The van der Waals surface area contributed by atoms with Crippen LogP contribution in [0.4, 0.5) is 0 Å². The van der Waals surface area contributed by atoms with Crippen LogP contribution in [0.2, 0.25) is 0 Å². The average molecular weight is 444 g/mol. The summed E-state index contributed by atoms with van der Waals surface area (Å²) in [7, 11) is 3.24. The van der Waals surface area contributed by atoms with Gasteiger partial charge in [0, 0.05) is 39.1 Å². The highest BCUT2D eigenvalue weighted by Crippen LogP contribution is 2.22. The van der Waals surface area contributed by atoms with E-state index in [2.05, 4.69) is 21.5 Å². The first kappa shape index (κ1) is 25.4. The molecule has 2 rings (SSSR count). The predicted molar refractivity (Wildman–Crippen MR) is 129 cm³/mol. The number of aromatic nitrogens is 1.